The number of ether oxygens (including phenoxy) is 2. The van der Waals surface area contributed by atoms with Crippen LogP contribution in [0.15, 0.2) is 42.5 Å². The van der Waals surface area contributed by atoms with Crippen molar-refractivity contribution in [2.75, 3.05) is 26.1 Å². The Labute approximate surface area is 159 Å². The summed E-state index contributed by atoms with van der Waals surface area (Å²) >= 11 is 0. The van der Waals surface area contributed by atoms with Gasteiger partial charge in [0.2, 0.25) is 5.91 Å². The van der Waals surface area contributed by atoms with Crippen LogP contribution in [0.1, 0.15) is 31.4 Å². The first kappa shape index (κ1) is 19.2. The fourth-order valence-corrected chi connectivity index (χ4v) is 3.25. The minimum absolute atomic E-state index is 0.170. The molecule has 1 fully saturated rings. The van der Waals surface area contributed by atoms with Crippen LogP contribution in [-0.4, -0.2) is 37.6 Å². The van der Waals surface area contributed by atoms with E-state index in [0.29, 0.717) is 28.8 Å². The Morgan fingerprint density at radius 2 is 1.96 bits per heavy atom. The van der Waals surface area contributed by atoms with E-state index >= 15 is 0 Å². The molecule has 2 aromatic rings. The molecule has 0 spiro atoms. The average molecular weight is 372 g/mol. The van der Waals surface area contributed by atoms with Gasteiger partial charge in [-0.15, -0.1) is 0 Å². The van der Waals surface area contributed by atoms with Gasteiger partial charge in [0.25, 0.3) is 0 Å². The zero-order chi connectivity index (χ0) is 19.4. The Bertz CT molecular complexity index is 808. The smallest absolute Gasteiger partial charge is 0.238 e. The van der Waals surface area contributed by atoms with Crippen molar-refractivity contribution < 1.29 is 18.7 Å². The molecule has 1 N–H and O–H groups in total. The number of carbonyl (C=O) groups excluding carboxylic acids is 1. The Morgan fingerprint density at radius 3 is 2.59 bits per heavy atom. The summed E-state index contributed by atoms with van der Waals surface area (Å²) in [4.78, 5) is 14.8. The summed E-state index contributed by atoms with van der Waals surface area (Å²) in [5.41, 5.74) is 1.16. The fourth-order valence-electron chi connectivity index (χ4n) is 3.25. The number of carbonyl (C=O) groups is 1. The highest BCUT2D eigenvalue weighted by molar-refractivity contribution is 5.94. The first-order valence-electron chi connectivity index (χ1n) is 9.05. The predicted molar refractivity (Wildman–Crippen MR) is 103 cm³/mol. The molecule has 1 aliphatic rings. The van der Waals surface area contributed by atoms with Crippen molar-refractivity contribution in [2.24, 2.45) is 0 Å². The van der Waals surface area contributed by atoms with E-state index in [2.05, 4.69) is 10.2 Å². The van der Waals surface area contributed by atoms with E-state index < -0.39 is 0 Å². The van der Waals surface area contributed by atoms with Crippen molar-refractivity contribution in [2.45, 2.75) is 31.8 Å². The molecule has 1 atom stereocenters. The summed E-state index contributed by atoms with van der Waals surface area (Å²) in [5.74, 6) is 0.774. The molecule has 0 aromatic heterocycles. The van der Waals surface area contributed by atoms with Gasteiger partial charge >= 0.3 is 0 Å². The monoisotopic (exact) mass is 372 g/mol. The largest absolute Gasteiger partial charge is 0.497 e. The number of hydrogen-bond donors (Lipinski definition) is 1. The molecule has 0 heterocycles. The molecule has 0 unspecified atom stereocenters. The van der Waals surface area contributed by atoms with E-state index in [1.165, 1.54) is 6.07 Å². The Morgan fingerprint density at radius 1 is 1.22 bits per heavy atom. The van der Waals surface area contributed by atoms with Gasteiger partial charge in [0, 0.05) is 23.7 Å². The van der Waals surface area contributed by atoms with Crippen LogP contribution in [-0.2, 0) is 4.79 Å². The van der Waals surface area contributed by atoms with Crippen LogP contribution in [0.4, 0.5) is 10.1 Å². The zero-order valence-electron chi connectivity index (χ0n) is 15.9. The van der Waals surface area contributed by atoms with Crippen LogP contribution in [0.5, 0.6) is 11.5 Å². The van der Waals surface area contributed by atoms with Crippen molar-refractivity contribution in [1.29, 1.82) is 0 Å². The molecule has 1 saturated carbocycles. The highest BCUT2D eigenvalue weighted by Gasteiger charge is 2.34. The van der Waals surface area contributed by atoms with E-state index in [9.17, 15) is 9.18 Å². The van der Waals surface area contributed by atoms with E-state index in [0.717, 1.165) is 12.8 Å². The fraction of sp³-hybridized carbons (Fsp3) is 0.381. The molecule has 5 nitrogen and oxygen atoms in total. The number of halogens is 1. The maximum atomic E-state index is 14.2. The van der Waals surface area contributed by atoms with Crippen molar-refractivity contribution in [3.8, 4) is 11.5 Å². The molecule has 0 saturated heterocycles. The number of hydrogen-bond acceptors (Lipinski definition) is 4. The summed E-state index contributed by atoms with van der Waals surface area (Å²) in [6.45, 7) is 2.12. The SMILES string of the molecule is COc1ccc(OC)c(NC(=O)CN(C2CC2)[C@H](C)c2ccccc2F)c1. The van der Waals surface area contributed by atoms with Gasteiger partial charge in [0.15, 0.2) is 0 Å². The normalized spacial score (nSPS) is 14.7. The lowest BCUT2D eigenvalue weighted by molar-refractivity contribution is -0.118. The summed E-state index contributed by atoms with van der Waals surface area (Å²) in [6, 6.07) is 12.1. The maximum Gasteiger partial charge on any atom is 0.238 e. The molecule has 0 bridgehead atoms. The van der Waals surface area contributed by atoms with Crippen LogP contribution in [0.2, 0.25) is 0 Å². The third-order valence-electron chi connectivity index (χ3n) is 4.88. The summed E-state index contributed by atoms with van der Waals surface area (Å²) in [6.07, 6.45) is 2.04. The highest BCUT2D eigenvalue weighted by Crippen LogP contribution is 2.35. The minimum atomic E-state index is -0.245. The molecule has 3 rings (SSSR count). The standard InChI is InChI=1S/C21H25FN2O3/c1-14(17-6-4-5-7-18(17)22)24(15-8-9-15)13-21(25)23-19-12-16(26-2)10-11-20(19)27-3/h4-7,10-12,14-15H,8-9,13H2,1-3H3,(H,23,25)/t14-/m1/s1. The number of nitrogens with zero attached hydrogens (tertiary/aromatic N) is 1. The summed E-state index contributed by atoms with van der Waals surface area (Å²) < 4.78 is 24.7. The van der Waals surface area contributed by atoms with Gasteiger partial charge in [-0.25, -0.2) is 4.39 Å². The second kappa shape index (κ2) is 8.39. The van der Waals surface area contributed by atoms with Crippen LogP contribution in [0.25, 0.3) is 0 Å². The van der Waals surface area contributed by atoms with Crippen LogP contribution >= 0.6 is 0 Å². The molecular weight excluding hydrogens is 347 g/mol. The van der Waals surface area contributed by atoms with Crippen LogP contribution in [0, 0.1) is 5.82 Å². The summed E-state index contributed by atoms with van der Waals surface area (Å²) in [5, 5.41) is 2.89. The van der Waals surface area contributed by atoms with E-state index in [4.69, 9.17) is 9.47 Å². The van der Waals surface area contributed by atoms with E-state index in [1.54, 1.807) is 44.6 Å². The molecule has 144 valence electrons. The van der Waals surface area contributed by atoms with Gasteiger partial charge < -0.3 is 14.8 Å². The third kappa shape index (κ3) is 4.57. The second-order valence-corrected chi connectivity index (χ2v) is 6.72. The lowest BCUT2D eigenvalue weighted by atomic mass is 10.1. The number of anilines is 1. The molecule has 27 heavy (non-hydrogen) atoms. The van der Waals surface area contributed by atoms with Crippen molar-refractivity contribution in [3.63, 3.8) is 0 Å². The van der Waals surface area contributed by atoms with Crippen LogP contribution in [0.3, 0.4) is 0 Å². The topological polar surface area (TPSA) is 50.8 Å². The van der Waals surface area contributed by atoms with Crippen LogP contribution < -0.4 is 14.8 Å². The lowest BCUT2D eigenvalue weighted by Gasteiger charge is -2.29. The van der Waals surface area contributed by atoms with Gasteiger partial charge in [-0.2, -0.15) is 0 Å². The highest BCUT2D eigenvalue weighted by atomic mass is 19.1. The Balaban J connectivity index is 1.74. The van der Waals surface area contributed by atoms with E-state index in [1.807, 2.05) is 13.0 Å². The minimum Gasteiger partial charge on any atom is -0.497 e. The Kier molecular flexibility index (Phi) is 5.96. The molecular formula is C21H25FN2O3. The summed E-state index contributed by atoms with van der Waals surface area (Å²) in [7, 11) is 3.12. The van der Waals surface area contributed by atoms with Gasteiger partial charge in [0.05, 0.1) is 26.5 Å². The molecule has 2 aromatic carbocycles. The first-order chi connectivity index (χ1) is 13.0. The van der Waals surface area contributed by atoms with Gasteiger partial charge in [-0.3, -0.25) is 9.69 Å². The second-order valence-electron chi connectivity index (χ2n) is 6.72. The zero-order valence-corrected chi connectivity index (χ0v) is 15.9. The van der Waals surface area contributed by atoms with Crippen molar-refractivity contribution in [1.82, 2.24) is 4.90 Å². The quantitative estimate of drug-likeness (QED) is 0.761. The molecule has 0 aliphatic heterocycles. The van der Waals surface area contributed by atoms with Gasteiger partial charge in [-0.05, 0) is 38.0 Å². The van der Waals surface area contributed by atoms with Crippen molar-refractivity contribution >= 4 is 11.6 Å². The number of rotatable bonds is 8. The molecule has 0 radical (unpaired) electrons. The molecule has 6 heteroatoms. The molecule has 1 amide bonds. The predicted octanol–water partition coefficient (Wildman–Crippen LogP) is 4.01. The van der Waals surface area contributed by atoms with Gasteiger partial charge in [0.1, 0.15) is 17.3 Å². The lowest BCUT2D eigenvalue weighted by Crippen LogP contribution is -2.37. The van der Waals surface area contributed by atoms with E-state index in [-0.39, 0.29) is 24.3 Å². The number of nitrogens with one attached hydrogen (secondary N) is 1. The van der Waals surface area contributed by atoms with Gasteiger partial charge in [-0.1, -0.05) is 18.2 Å². The number of benzene rings is 2. The van der Waals surface area contributed by atoms with Crippen molar-refractivity contribution in [3.05, 3.63) is 53.8 Å². The maximum absolute atomic E-state index is 14.2. The number of amides is 1. The number of methoxy groups -OCH3 is 2. The Hall–Kier alpha value is -2.60. The third-order valence-corrected chi connectivity index (χ3v) is 4.88. The first-order valence-corrected chi connectivity index (χ1v) is 9.05. The molecule has 1 aliphatic carbocycles. The average Bonchev–Trinajstić information content (AvgIpc) is 3.51.